The SMILES string of the molecule is CCC(C(=O)Nc1cc(OC)ccc1OC)n1c(=O)cc(C)c2cccc(C)c21. The van der Waals surface area contributed by atoms with Crippen molar-refractivity contribution >= 4 is 22.5 Å². The molecule has 1 N–H and O–H groups in total. The number of carbonyl (C=O) groups excluding carboxylic acids is 1. The van der Waals surface area contributed by atoms with Crippen molar-refractivity contribution in [2.75, 3.05) is 19.5 Å². The van der Waals surface area contributed by atoms with Crippen molar-refractivity contribution in [1.82, 2.24) is 4.57 Å². The normalized spacial score (nSPS) is 11.9. The van der Waals surface area contributed by atoms with Crippen LogP contribution in [0.2, 0.25) is 0 Å². The van der Waals surface area contributed by atoms with Crippen LogP contribution in [0.1, 0.15) is 30.5 Å². The summed E-state index contributed by atoms with van der Waals surface area (Å²) in [5, 5.41) is 3.88. The Morgan fingerprint density at radius 3 is 2.48 bits per heavy atom. The monoisotopic (exact) mass is 394 g/mol. The Hall–Kier alpha value is -3.28. The molecule has 1 amide bonds. The van der Waals surface area contributed by atoms with E-state index in [9.17, 15) is 9.59 Å². The van der Waals surface area contributed by atoms with Gasteiger partial charge >= 0.3 is 0 Å². The Bertz CT molecular complexity index is 1120. The number of benzene rings is 2. The first-order valence-corrected chi connectivity index (χ1v) is 9.55. The summed E-state index contributed by atoms with van der Waals surface area (Å²) >= 11 is 0. The van der Waals surface area contributed by atoms with Crippen molar-refractivity contribution in [3.63, 3.8) is 0 Å². The van der Waals surface area contributed by atoms with Gasteiger partial charge in [0.1, 0.15) is 17.5 Å². The number of methoxy groups -OCH3 is 2. The van der Waals surface area contributed by atoms with E-state index in [0.29, 0.717) is 23.6 Å². The average Bonchev–Trinajstić information content (AvgIpc) is 2.71. The minimum atomic E-state index is -0.664. The summed E-state index contributed by atoms with van der Waals surface area (Å²) in [5.74, 6) is 0.837. The summed E-state index contributed by atoms with van der Waals surface area (Å²) in [6.45, 7) is 5.76. The highest BCUT2D eigenvalue weighted by Crippen LogP contribution is 2.30. The number of nitrogens with zero attached hydrogens (tertiary/aromatic N) is 1. The van der Waals surface area contributed by atoms with Gasteiger partial charge in [-0.1, -0.05) is 25.1 Å². The molecule has 0 aliphatic heterocycles. The van der Waals surface area contributed by atoms with Crippen molar-refractivity contribution in [3.05, 3.63) is 63.9 Å². The van der Waals surface area contributed by atoms with Crippen molar-refractivity contribution < 1.29 is 14.3 Å². The number of fused-ring (bicyclic) bond motifs is 1. The average molecular weight is 394 g/mol. The molecule has 1 atom stereocenters. The van der Waals surface area contributed by atoms with E-state index in [1.807, 2.05) is 39.0 Å². The lowest BCUT2D eigenvalue weighted by molar-refractivity contribution is -0.119. The molecule has 0 saturated heterocycles. The lowest BCUT2D eigenvalue weighted by Crippen LogP contribution is -2.33. The first-order valence-electron chi connectivity index (χ1n) is 9.55. The van der Waals surface area contributed by atoms with Crippen LogP contribution in [0.3, 0.4) is 0 Å². The van der Waals surface area contributed by atoms with Gasteiger partial charge in [0, 0.05) is 17.5 Å². The highest BCUT2D eigenvalue weighted by molar-refractivity contribution is 5.97. The van der Waals surface area contributed by atoms with Crippen LogP contribution in [-0.4, -0.2) is 24.7 Å². The van der Waals surface area contributed by atoms with E-state index in [2.05, 4.69) is 5.32 Å². The molecule has 1 heterocycles. The van der Waals surface area contributed by atoms with Crippen molar-refractivity contribution in [2.45, 2.75) is 33.2 Å². The summed E-state index contributed by atoms with van der Waals surface area (Å²) in [5.41, 5.74) is 2.95. The second kappa shape index (κ2) is 8.39. The van der Waals surface area contributed by atoms with Crippen LogP contribution >= 0.6 is 0 Å². The van der Waals surface area contributed by atoms with Crippen molar-refractivity contribution in [1.29, 1.82) is 0 Å². The number of aromatic nitrogens is 1. The van der Waals surface area contributed by atoms with Crippen LogP contribution in [0.25, 0.3) is 10.9 Å². The maximum atomic E-state index is 13.2. The van der Waals surface area contributed by atoms with Gasteiger partial charge in [-0.3, -0.25) is 14.2 Å². The Morgan fingerprint density at radius 1 is 1.07 bits per heavy atom. The molecule has 0 aliphatic carbocycles. The van der Waals surface area contributed by atoms with Gasteiger partial charge in [-0.2, -0.15) is 0 Å². The standard InChI is InChI=1S/C23H26N2O4/c1-6-19(23(27)24-18-13-16(28-4)10-11-20(18)29-5)25-21(26)12-15(3)17-9-7-8-14(2)22(17)25/h7-13,19H,6H2,1-5H3,(H,24,27). The molecule has 3 aromatic rings. The molecular weight excluding hydrogens is 368 g/mol. The maximum Gasteiger partial charge on any atom is 0.252 e. The molecule has 152 valence electrons. The predicted molar refractivity (Wildman–Crippen MR) is 115 cm³/mol. The van der Waals surface area contributed by atoms with Gasteiger partial charge < -0.3 is 14.8 Å². The largest absolute Gasteiger partial charge is 0.497 e. The number of hydrogen-bond donors (Lipinski definition) is 1. The number of anilines is 1. The molecule has 0 radical (unpaired) electrons. The van der Waals surface area contributed by atoms with E-state index in [-0.39, 0.29) is 11.5 Å². The van der Waals surface area contributed by atoms with Gasteiger partial charge in [0.25, 0.3) is 5.56 Å². The lowest BCUT2D eigenvalue weighted by Gasteiger charge is -2.22. The molecule has 1 unspecified atom stereocenters. The third-order valence-electron chi connectivity index (χ3n) is 5.15. The molecule has 0 fully saturated rings. The van der Waals surface area contributed by atoms with Gasteiger partial charge in [-0.25, -0.2) is 0 Å². The van der Waals surface area contributed by atoms with Crippen LogP contribution in [0, 0.1) is 13.8 Å². The molecule has 0 bridgehead atoms. The van der Waals surface area contributed by atoms with Crippen LogP contribution in [0.15, 0.2) is 47.3 Å². The fraction of sp³-hybridized carbons (Fsp3) is 0.304. The number of hydrogen-bond acceptors (Lipinski definition) is 4. The van der Waals surface area contributed by atoms with E-state index >= 15 is 0 Å². The van der Waals surface area contributed by atoms with E-state index in [1.54, 1.807) is 35.9 Å². The predicted octanol–water partition coefficient (Wildman–Crippen LogP) is 4.23. The van der Waals surface area contributed by atoms with E-state index in [0.717, 1.165) is 22.0 Å². The lowest BCUT2D eigenvalue weighted by atomic mass is 10.0. The molecule has 1 aromatic heterocycles. The molecule has 0 saturated carbocycles. The quantitative estimate of drug-likeness (QED) is 0.679. The summed E-state index contributed by atoms with van der Waals surface area (Å²) in [7, 11) is 3.10. The number of nitrogens with one attached hydrogen (secondary N) is 1. The van der Waals surface area contributed by atoms with Crippen LogP contribution in [0.4, 0.5) is 5.69 Å². The van der Waals surface area contributed by atoms with Gasteiger partial charge in [0.15, 0.2) is 0 Å². The van der Waals surface area contributed by atoms with Crippen molar-refractivity contribution in [2.24, 2.45) is 0 Å². The smallest absolute Gasteiger partial charge is 0.252 e. The van der Waals surface area contributed by atoms with Crippen molar-refractivity contribution in [3.8, 4) is 11.5 Å². The van der Waals surface area contributed by atoms with E-state index in [1.165, 1.54) is 7.11 Å². The number of amides is 1. The minimum Gasteiger partial charge on any atom is -0.497 e. The minimum absolute atomic E-state index is 0.191. The summed E-state index contributed by atoms with van der Waals surface area (Å²) in [6, 6.07) is 12.0. The van der Waals surface area contributed by atoms with Gasteiger partial charge in [-0.15, -0.1) is 0 Å². The zero-order valence-corrected chi connectivity index (χ0v) is 17.4. The summed E-state index contributed by atoms with van der Waals surface area (Å²) < 4.78 is 12.2. The second-order valence-corrected chi connectivity index (χ2v) is 6.99. The number of pyridine rings is 1. The molecule has 29 heavy (non-hydrogen) atoms. The fourth-order valence-electron chi connectivity index (χ4n) is 3.66. The molecule has 3 rings (SSSR count). The number of rotatable bonds is 6. The Labute approximate surface area is 170 Å². The summed E-state index contributed by atoms with van der Waals surface area (Å²) in [4.78, 5) is 26.2. The van der Waals surface area contributed by atoms with Gasteiger partial charge in [0.2, 0.25) is 5.91 Å². The second-order valence-electron chi connectivity index (χ2n) is 6.99. The maximum absolute atomic E-state index is 13.2. The third kappa shape index (κ3) is 3.83. The Kier molecular flexibility index (Phi) is 5.92. The Morgan fingerprint density at radius 2 is 1.83 bits per heavy atom. The van der Waals surface area contributed by atoms with Crippen LogP contribution < -0.4 is 20.3 Å². The number of ether oxygens (including phenoxy) is 2. The zero-order chi connectivity index (χ0) is 21.1. The third-order valence-corrected chi connectivity index (χ3v) is 5.15. The molecule has 0 spiro atoms. The molecule has 6 nitrogen and oxygen atoms in total. The number of carbonyl (C=O) groups is 1. The highest BCUT2D eigenvalue weighted by Gasteiger charge is 2.24. The number of aryl methyl sites for hydroxylation is 2. The molecular formula is C23H26N2O4. The van der Waals surface area contributed by atoms with Gasteiger partial charge in [0.05, 0.1) is 25.4 Å². The van der Waals surface area contributed by atoms with Gasteiger partial charge in [-0.05, 0) is 43.5 Å². The van der Waals surface area contributed by atoms with E-state index < -0.39 is 6.04 Å². The van der Waals surface area contributed by atoms with Crippen LogP contribution in [-0.2, 0) is 4.79 Å². The summed E-state index contributed by atoms with van der Waals surface area (Å²) in [6.07, 6.45) is 0.463. The Balaban J connectivity index is 2.10. The first kappa shape index (κ1) is 20.5. The van der Waals surface area contributed by atoms with Crippen LogP contribution in [0.5, 0.6) is 11.5 Å². The molecule has 6 heteroatoms. The highest BCUT2D eigenvalue weighted by atomic mass is 16.5. The fourth-order valence-corrected chi connectivity index (χ4v) is 3.66. The zero-order valence-electron chi connectivity index (χ0n) is 17.4. The topological polar surface area (TPSA) is 69.6 Å². The number of para-hydroxylation sites is 1. The molecule has 2 aromatic carbocycles. The van der Waals surface area contributed by atoms with E-state index in [4.69, 9.17) is 9.47 Å². The molecule has 0 aliphatic rings. The first-order chi connectivity index (χ1) is 13.9.